The molecule has 1 aliphatic heterocycles. The van der Waals surface area contributed by atoms with E-state index in [9.17, 15) is 4.79 Å². The summed E-state index contributed by atoms with van der Waals surface area (Å²) in [5.74, 6) is 0.600. The van der Waals surface area contributed by atoms with Crippen LogP contribution < -0.4 is 21.5 Å². The SMILES string of the molecule is Nc1nc2c(c(=O)[nH]1)NCN2CCOCO. The summed E-state index contributed by atoms with van der Waals surface area (Å²) in [5.41, 5.74) is 5.59. The molecule has 8 heteroatoms. The van der Waals surface area contributed by atoms with Crippen LogP contribution in [0.5, 0.6) is 0 Å². The van der Waals surface area contributed by atoms with Crippen LogP contribution in [0.3, 0.4) is 0 Å². The number of fused-ring (bicyclic) bond motifs is 1. The highest BCUT2D eigenvalue weighted by Gasteiger charge is 2.23. The summed E-state index contributed by atoms with van der Waals surface area (Å²) in [6, 6.07) is 0. The first-order chi connectivity index (χ1) is 7.72. The number of nitrogens with zero attached hydrogens (tertiary/aromatic N) is 2. The molecule has 1 aromatic heterocycles. The van der Waals surface area contributed by atoms with E-state index in [1.807, 2.05) is 4.90 Å². The fourth-order valence-corrected chi connectivity index (χ4v) is 1.54. The van der Waals surface area contributed by atoms with Crippen molar-refractivity contribution in [3.05, 3.63) is 10.4 Å². The van der Waals surface area contributed by atoms with Gasteiger partial charge in [-0.25, -0.2) is 0 Å². The first kappa shape index (κ1) is 10.7. The van der Waals surface area contributed by atoms with E-state index < -0.39 is 0 Å². The Kier molecular flexibility index (Phi) is 2.93. The minimum Gasteiger partial charge on any atom is -0.371 e. The van der Waals surface area contributed by atoms with Crippen molar-refractivity contribution in [2.45, 2.75) is 0 Å². The molecule has 0 aliphatic carbocycles. The highest BCUT2D eigenvalue weighted by atomic mass is 16.6. The van der Waals surface area contributed by atoms with E-state index in [1.54, 1.807) is 0 Å². The largest absolute Gasteiger partial charge is 0.371 e. The maximum absolute atomic E-state index is 11.5. The quantitative estimate of drug-likeness (QED) is 0.365. The normalized spacial score (nSPS) is 13.7. The molecule has 88 valence electrons. The third-order valence-corrected chi connectivity index (χ3v) is 2.26. The van der Waals surface area contributed by atoms with Gasteiger partial charge in [-0.1, -0.05) is 0 Å². The molecule has 0 saturated carbocycles. The Bertz CT molecular complexity index is 432. The van der Waals surface area contributed by atoms with Gasteiger partial charge in [-0.05, 0) is 0 Å². The summed E-state index contributed by atoms with van der Waals surface area (Å²) in [4.78, 5) is 19.7. The number of aliphatic hydroxyl groups excluding tert-OH is 1. The van der Waals surface area contributed by atoms with E-state index in [-0.39, 0.29) is 18.3 Å². The standard InChI is InChI=1S/C8H13N5O3/c9-8-11-6-5(7(15)12-8)10-3-13(6)1-2-16-4-14/h10,14H,1-4H2,(H3,9,11,12,15). The van der Waals surface area contributed by atoms with E-state index in [0.29, 0.717) is 31.3 Å². The molecule has 0 atom stereocenters. The van der Waals surface area contributed by atoms with Gasteiger partial charge in [-0.15, -0.1) is 0 Å². The second-order valence-corrected chi connectivity index (χ2v) is 3.29. The molecule has 0 unspecified atom stereocenters. The number of hydrogen-bond donors (Lipinski definition) is 4. The Balaban J connectivity index is 2.16. The number of aromatic amines is 1. The van der Waals surface area contributed by atoms with E-state index >= 15 is 0 Å². The number of anilines is 3. The summed E-state index contributed by atoms with van der Waals surface area (Å²) >= 11 is 0. The van der Waals surface area contributed by atoms with Gasteiger partial charge in [-0.2, -0.15) is 4.98 Å². The predicted molar refractivity (Wildman–Crippen MR) is 58.1 cm³/mol. The summed E-state index contributed by atoms with van der Waals surface area (Å²) in [6.45, 7) is 1.03. The zero-order chi connectivity index (χ0) is 11.5. The van der Waals surface area contributed by atoms with Crippen LogP contribution in [0.2, 0.25) is 0 Å². The van der Waals surface area contributed by atoms with E-state index in [4.69, 9.17) is 15.6 Å². The lowest BCUT2D eigenvalue weighted by molar-refractivity contribution is 0.00228. The average molecular weight is 227 g/mol. The van der Waals surface area contributed by atoms with Crippen LogP contribution in [0.4, 0.5) is 17.5 Å². The molecule has 2 rings (SSSR count). The molecule has 2 heterocycles. The van der Waals surface area contributed by atoms with Crippen molar-refractivity contribution in [2.24, 2.45) is 0 Å². The fraction of sp³-hybridized carbons (Fsp3) is 0.500. The molecule has 0 radical (unpaired) electrons. The van der Waals surface area contributed by atoms with Crippen molar-refractivity contribution in [1.29, 1.82) is 0 Å². The van der Waals surface area contributed by atoms with Crippen molar-refractivity contribution in [1.82, 2.24) is 9.97 Å². The topological polar surface area (TPSA) is 116 Å². The van der Waals surface area contributed by atoms with Gasteiger partial charge < -0.3 is 25.8 Å². The fourth-order valence-electron chi connectivity index (χ4n) is 1.54. The van der Waals surface area contributed by atoms with Gasteiger partial charge in [0.2, 0.25) is 5.95 Å². The molecule has 1 aromatic rings. The van der Waals surface area contributed by atoms with Crippen molar-refractivity contribution in [3.63, 3.8) is 0 Å². The minimum absolute atomic E-state index is 0.0838. The lowest BCUT2D eigenvalue weighted by atomic mass is 10.4. The van der Waals surface area contributed by atoms with Crippen LogP contribution >= 0.6 is 0 Å². The summed E-state index contributed by atoms with van der Waals surface area (Å²) in [7, 11) is 0. The van der Waals surface area contributed by atoms with Crippen LogP contribution in [0.25, 0.3) is 0 Å². The molecule has 0 aromatic carbocycles. The van der Waals surface area contributed by atoms with Gasteiger partial charge >= 0.3 is 0 Å². The summed E-state index contributed by atoms with van der Waals surface area (Å²) < 4.78 is 4.81. The minimum atomic E-state index is -0.320. The molecule has 5 N–H and O–H groups in total. The number of ether oxygens (including phenoxy) is 1. The maximum Gasteiger partial charge on any atom is 0.277 e. The molecular weight excluding hydrogens is 214 g/mol. The average Bonchev–Trinajstić information content (AvgIpc) is 2.62. The number of rotatable bonds is 4. The van der Waals surface area contributed by atoms with Crippen molar-refractivity contribution in [2.75, 3.05) is 42.6 Å². The molecule has 0 spiro atoms. The third kappa shape index (κ3) is 1.92. The van der Waals surface area contributed by atoms with Crippen LogP contribution in [-0.4, -0.2) is 41.7 Å². The Morgan fingerprint density at radius 1 is 1.62 bits per heavy atom. The molecule has 0 saturated heterocycles. The van der Waals surface area contributed by atoms with Crippen molar-refractivity contribution < 1.29 is 9.84 Å². The zero-order valence-corrected chi connectivity index (χ0v) is 8.56. The van der Waals surface area contributed by atoms with Gasteiger partial charge in [0.1, 0.15) is 12.5 Å². The van der Waals surface area contributed by atoms with E-state index in [1.165, 1.54) is 0 Å². The maximum atomic E-state index is 11.5. The predicted octanol–water partition coefficient (Wildman–Crippen LogP) is -1.49. The third-order valence-electron chi connectivity index (χ3n) is 2.26. The molecule has 0 fully saturated rings. The zero-order valence-electron chi connectivity index (χ0n) is 8.56. The number of nitrogens with two attached hydrogens (primary N) is 1. The van der Waals surface area contributed by atoms with E-state index in [0.717, 1.165) is 0 Å². The number of aliphatic hydroxyl groups is 1. The number of hydrogen-bond acceptors (Lipinski definition) is 7. The van der Waals surface area contributed by atoms with Crippen molar-refractivity contribution in [3.8, 4) is 0 Å². The highest BCUT2D eigenvalue weighted by Crippen LogP contribution is 2.24. The molecule has 16 heavy (non-hydrogen) atoms. The Morgan fingerprint density at radius 2 is 2.44 bits per heavy atom. The monoisotopic (exact) mass is 227 g/mol. The van der Waals surface area contributed by atoms with Crippen LogP contribution in [0.15, 0.2) is 4.79 Å². The molecule has 8 nitrogen and oxygen atoms in total. The van der Waals surface area contributed by atoms with Gasteiger partial charge in [0.05, 0.1) is 13.3 Å². The Labute approximate surface area is 91.0 Å². The van der Waals surface area contributed by atoms with Crippen LogP contribution in [0, 0.1) is 0 Å². The Morgan fingerprint density at radius 3 is 3.19 bits per heavy atom. The number of H-pyrrole nitrogens is 1. The van der Waals surface area contributed by atoms with Gasteiger partial charge in [0.15, 0.2) is 5.82 Å². The molecule has 1 aliphatic rings. The van der Waals surface area contributed by atoms with E-state index in [2.05, 4.69) is 15.3 Å². The number of aromatic nitrogens is 2. The second-order valence-electron chi connectivity index (χ2n) is 3.29. The lowest BCUT2D eigenvalue weighted by Gasteiger charge is -2.16. The smallest absolute Gasteiger partial charge is 0.277 e. The second kappa shape index (κ2) is 4.37. The first-order valence-corrected chi connectivity index (χ1v) is 4.79. The molecule has 0 bridgehead atoms. The van der Waals surface area contributed by atoms with Gasteiger partial charge in [0.25, 0.3) is 5.56 Å². The van der Waals surface area contributed by atoms with Crippen LogP contribution in [0.1, 0.15) is 0 Å². The number of nitrogen functional groups attached to an aromatic ring is 1. The van der Waals surface area contributed by atoms with Gasteiger partial charge in [0, 0.05) is 6.54 Å². The molecular formula is C8H13N5O3. The lowest BCUT2D eigenvalue weighted by Crippen LogP contribution is -2.27. The number of nitrogens with one attached hydrogen (secondary N) is 2. The summed E-state index contributed by atoms with van der Waals surface area (Å²) in [6.07, 6.45) is 0. The van der Waals surface area contributed by atoms with Crippen molar-refractivity contribution >= 4 is 17.5 Å². The highest BCUT2D eigenvalue weighted by molar-refractivity contribution is 5.70. The summed E-state index contributed by atoms with van der Waals surface area (Å²) in [5, 5.41) is 11.4. The molecule has 0 amide bonds. The van der Waals surface area contributed by atoms with Crippen LogP contribution in [-0.2, 0) is 4.74 Å². The first-order valence-electron chi connectivity index (χ1n) is 4.79. The Hall–Kier alpha value is -1.80. The van der Waals surface area contributed by atoms with Gasteiger partial charge in [-0.3, -0.25) is 9.78 Å².